The van der Waals surface area contributed by atoms with Crippen LogP contribution < -0.4 is 10.5 Å². The van der Waals surface area contributed by atoms with Gasteiger partial charge >= 0.3 is 5.97 Å². The molecule has 0 aliphatic heterocycles. The normalized spacial score (nSPS) is 13.0. The first-order chi connectivity index (χ1) is 9.42. The Hall–Kier alpha value is -1.05. The quantitative estimate of drug-likeness (QED) is 0.735. The highest BCUT2D eigenvalue weighted by molar-refractivity contribution is 9.10. The second kappa shape index (κ2) is 9.07. The average Bonchev–Trinajstić information content (AvgIpc) is 2.42. The number of esters is 1. The van der Waals surface area contributed by atoms with Crippen molar-refractivity contribution in [2.75, 3.05) is 13.2 Å². The zero-order valence-corrected chi connectivity index (χ0v) is 14.0. The zero-order valence-electron chi connectivity index (χ0n) is 11.6. The van der Waals surface area contributed by atoms with Gasteiger partial charge in [0.1, 0.15) is 0 Å². The van der Waals surface area contributed by atoms with Crippen molar-refractivity contribution in [3.05, 3.63) is 22.2 Å². The molecule has 3 N–H and O–H groups in total. The summed E-state index contributed by atoms with van der Waals surface area (Å²) in [6.45, 7) is 3.74. The largest absolute Gasteiger partial charge is 0.503 e. The highest BCUT2D eigenvalue weighted by atomic mass is 79.9. The number of halogens is 3. The summed E-state index contributed by atoms with van der Waals surface area (Å²) in [6.07, 6.45) is -1.99. The maximum Gasteiger partial charge on any atom is 0.342 e. The van der Waals surface area contributed by atoms with Crippen LogP contribution in [0.2, 0.25) is 0 Å². The van der Waals surface area contributed by atoms with E-state index in [1.54, 1.807) is 13.8 Å². The van der Waals surface area contributed by atoms with E-state index in [1.165, 1.54) is 12.1 Å². The molecule has 2 atom stereocenters. The average molecular weight is 387 g/mol. The minimum Gasteiger partial charge on any atom is -0.503 e. The van der Waals surface area contributed by atoms with E-state index in [0.717, 1.165) is 0 Å². The number of rotatable bonds is 6. The first-order valence-corrected chi connectivity index (χ1v) is 6.93. The van der Waals surface area contributed by atoms with Crippen molar-refractivity contribution >= 4 is 34.3 Å². The molecule has 0 aliphatic carbocycles. The van der Waals surface area contributed by atoms with Gasteiger partial charge in [-0.1, -0.05) is 0 Å². The smallest absolute Gasteiger partial charge is 0.342 e. The standard InChI is InChI=1S/C13H17BrFNO4.ClH/c1-3-19-9-6-7(5-8(14)12(9)17)11(16)10(15)13(18)20-4-2;/h5-6,10-11,17H,3-4,16H2,1-2H3;1H/t10?,11-;/m1./s1. The number of hydrogen-bond acceptors (Lipinski definition) is 5. The van der Waals surface area contributed by atoms with Crippen LogP contribution in [-0.4, -0.2) is 30.5 Å². The lowest BCUT2D eigenvalue weighted by Gasteiger charge is -2.18. The molecule has 0 saturated heterocycles. The highest BCUT2D eigenvalue weighted by Gasteiger charge is 2.29. The van der Waals surface area contributed by atoms with Gasteiger partial charge in [0.05, 0.1) is 23.7 Å². The first-order valence-electron chi connectivity index (χ1n) is 6.13. The molecular weight excluding hydrogens is 369 g/mol. The van der Waals surface area contributed by atoms with E-state index in [2.05, 4.69) is 20.7 Å². The minimum atomic E-state index is -1.99. The van der Waals surface area contributed by atoms with E-state index in [4.69, 9.17) is 10.5 Å². The molecule has 0 radical (unpaired) electrons. The summed E-state index contributed by atoms with van der Waals surface area (Å²) < 4.78 is 24.0. The van der Waals surface area contributed by atoms with E-state index < -0.39 is 18.2 Å². The summed E-state index contributed by atoms with van der Waals surface area (Å²) >= 11 is 3.13. The summed E-state index contributed by atoms with van der Waals surface area (Å²) in [5.74, 6) is -0.945. The second-order valence-corrected chi connectivity index (χ2v) is 4.82. The van der Waals surface area contributed by atoms with Gasteiger partial charge in [0, 0.05) is 0 Å². The van der Waals surface area contributed by atoms with Gasteiger partial charge in [-0.2, -0.15) is 0 Å². The molecule has 0 aliphatic rings. The van der Waals surface area contributed by atoms with Crippen LogP contribution >= 0.6 is 28.3 Å². The van der Waals surface area contributed by atoms with E-state index >= 15 is 0 Å². The van der Waals surface area contributed by atoms with Gasteiger partial charge in [-0.15, -0.1) is 12.4 Å². The number of alkyl halides is 1. The maximum absolute atomic E-state index is 13.9. The van der Waals surface area contributed by atoms with E-state index in [9.17, 15) is 14.3 Å². The molecule has 1 unspecified atom stereocenters. The van der Waals surface area contributed by atoms with Crippen LogP contribution in [0, 0.1) is 0 Å². The monoisotopic (exact) mass is 385 g/mol. The van der Waals surface area contributed by atoms with Crippen molar-refractivity contribution in [3.63, 3.8) is 0 Å². The predicted octanol–water partition coefficient (Wildman–Crippen LogP) is 2.88. The number of benzene rings is 1. The molecule has 0 fully saturated rings. The molecular formula is C13H18BrClFNO4. The fraction of sp³-hybridized carbons (Fsp3) is 0.462. The molecule has 1 rings (SSSR count). The van der Waals surface area contributed by atoms with Gasteiger partial charge in [0.25, 0.3) is 0 Å². The number of hydrogen-bond donors (Lipinski definition) is 2. The first kappa shape index (κ1) is 19.9. The molecule has 1 aromatic carbocycles. The minimum absolute atomic E-state index is 0. The van der Waals surface area contributed by atoms with Crippen LogP contribution in [0.3, 0.4) is 0 Å². The Morgan fingerprint density at radius 2 is 2.05 bits per heavy atom. The molecule has 1 aromatic rings. The van der Waals surface area contributed by atoms with Crippen molar-refractivity contribution in [1.82, 2.24) is 0 Å². The van der Waals surface area contributed by atoms with Crippen LogP contribution in [0.4, 0.5) is 4.39 Å². The third-order valence-electron chi connectivity index (χ3n) is 2.56. The molecule has 0 amide bonds. The van der Waals surface area contributed by atoms with Crippen LogP contribution in [0.15, 0.2) is 16.6 Å². The Morgan fingerprint density at radius 1 is 1.43 bits per heavy atom. The molecule has 21 heavy (non-hydrogen) atoms. The summed E-state index contributed by atoms with van der Waals surface area (Å²) in [7, 11) is 0. The molecule has 120 valence electrons. The summed E-state index contributed by atoms with van der Waals surface area (Å²) in [6, 6.07) is 1.64. The van der Waals surface area contributed by atoms with E-state index in [-0.39, 0.29) is 30.5 Å². The SMILES string of the molecule is CCOC(=O)C(F)[C@H](N)c1cc(Br)c(O)c(OCC)c1.Cl. The van der Waals surface area contributed by atoms with E-state index in [1.807, 2.05) is 0 Å². The lowest BCUT2D eigenvalue weighted by Crippen LogP contribution is -2.31. The molecule has 0 bridgehead atoms. The molecule has 0 heterocycles. The number of aromatic hydroxyl groups is 1. The van der Waals surface area contributed by atoms with Crippen molar-refractivity contribution in [1.29, 1.82) is 0 Å². The fourth-order valence-corrected chi connectivity index (χ4v) is 2.05. The van der Waals surface area contributed by atoms with Crippen LogP contribution in [-0.2, 0) is 9.53 Å². The Labute approximate surface area is 137 Å². The zero-order chi connectivity index (χ0) is 15.3. The number of phenols is 1. The summed E-state index contributed by atoms with van der Waals surface area (Å²) in [5.41, 5.74) is 6.04. The van der Waals surface area contributed by atoms with Gasteiger partial charge < -0.3 is 20.3 Å². The summed E-state index contributed by atoms with van der Waals surface area (Å²) in [5, 5.41) is 9.77. The third-order valence-corrected chi connectivity index (χ3v) is 3.17. The van der Waals surface area contributed by atoms with Crippen molar-refractivity contribution in [3.8, 4) is 11.5 Å². The maximum atomic E-state index is 13.9. The Morgan fingerprint density at radius 3 is 2.57 bits per heavy atom. The Balaban J connectivity index is 0.00000400. The number of carbonyl (C=O) groups is 1. The Kier molecular flexibility index (Phi) is 8.61. The lowest BCUT2D eigenvalue weighted by molar-refractivity contribution is -0.149. The van der Waals surface area contributed by atoms with Crippen LogP contribution in [0.1, 0.15) is 25.5 Å². The van der Waals surface area contributed by atoms with Gasteiger partial charge in [-0.25, -0.2) is 9.18 Å². The van der Waals surface area contributed by atoms with E-state index in [0.29, 0.717) is 16.6 Å². The number of nitrogens with two attached hydrogens (primary N) is 1. The topological polar surface area (TPSA) is 81.8 Å². The van der Waals surface area contributed by atoms with Gasteiger partial charge in [-0.05, 0) is 47.5 Å². The molecule has 0 aromatic heterocycles. The van der Waals surface area contributed by atoms with Gasteiger partial charge in [0.15, 0.2) is 11.5 Å². The predicted molar refractivity (Wildman–Crippen MR) is 82.7 cm³/mol. The second-order valence-electron chi connectivity index (χ2n) is 3.96. The third kappa shape index (κ3) is 5.01. The number of carbonyl (C=O) groups excluding carboxylic acids is 1. The fourth-order valence-electron chi connectivity index (χ4n) is 1.59. The molecule has 0 saturated carbocycles. The van der Waals surface area contributed by atoms with Gasteiger partial charge in [-0.3, -0.25) is 0 Å². The molecule has 5 nitrogen and oxygen atoms in total. The van der Waals surface area contributed by atoms with Crippen LogP contribution in [0.25, 0.3) is 0 Å². The number of ether oxygens (including phenoxy) is 2. The van der Waals surface area contributed by atoms with Crippen LogP contribution in [0.5, 0.6) is 11.5 Å². The number of phenolic OH excluding ortho intramolecular Hbond substituents is 1. The van der Waals surface area contributed by atoms with Crippen molar-refractivity contribution in [2.24, 2.45) is 5.73 Å². The van der Waals surface area contributed by atoms with Crippen molar-refractivity contribution < 1.29 is 23.8 Å². The van der Waals surface area contributed by atoms with Gasteiger partial charge in [0.2, 0.25) is 6.17 Å². The highest BCUT2D eigenvalue weighted by Crippen LogP contribution is 2.37. The Bertz CT molecular complexity index is 489. The van der Waals surface area contributed by atoms with Crippen molar-refractivity contribution in [2.45, 2.75) is 26.1 Å². The molecule has 0 spiro atoms. The molecule has 8 heteroatoms. The summed E-state index contributed by atoms with van der Waals surface area (Å²) in [4.78, 5) is 11.4. The lowest BCUT2D eigenvalue weighted by atomic mass is 10.0.